The maximum atomic E-state index is 5.10. The summed E-state index contributed by atoms with van der Waals surface area (Å²) in [5.41, 5.74) is 16.8. The molecule has 0 fully saturated rings. The molecule has 2 aromatic heterocycles. The van der Waals surface area contributed by atoms with E-state index in [4.69, 9.17) is 15.0 Å². The summed E-state index contributed by atoms with van der Waals surface area (Å²) in [4.78, 5) is 16.2. The van der Waals surface area contributed by atoms with Crippen LogP contribution >= 0.6 is 11.3 Å². The first-order valence-corrected chi connectivity index (χ1v) is 20.5. The van der Waals surface area contributed by atoms with Gasteiger partial charge in [-0.05, 0) is 102 Å². The van der Waals surface area contributed by atoms with Crippen LogP contribution in [0.1, 0.15) is 22.3 Å². The molecule has 12 rings (SSSR count). The molecule has 0 amide bonds. The van der Waals surface area contributed by atoms with Crippen molar-refractivity contribution in [2.45, 2.75) is 5.41 Å². The molecule has 2 aliphatic carbocycles. The Balaban J connectivity index is 0.967. The molecule has 0 saturated carbocycles. The van der Waals surface area contributed by atoms with Crippen molar-refractivity contribution in [2.24, 2.45) is 0 Å². The van der Waals surface area contributed by atoms with Crippen molar-refractivity contribution < 1.29 is 0 Å². The Bertz CT molecular complexity index is 3160. The topological polar surface area (TPSA) is 38.7 Å². The minimum absolute atomic E-state index is 0.376. The van der Waals surface area contributed by atoms with Crippen molar-refractivity contribution in [3.8, 4) is 78.0 Å². The predicted octanol–water partition coefficient (Wildman–Crippen LogP) is 13.8. The molecule has 8 aromatic carbocycles. The molecular weight excluding hydrogens is 723 g/mol. The zero-order valence-corrected chi connectivity index (χ0v) is 32.1. The molecule has 10 aromatic rings. The number of benzene rings is 8. The smallest absolute Gasteiger partial charge is 0.174 e. The average molecular weight is 756 g/mol. The number of fused-ring (bicyclic) bond motifs is 11. The van der Waals surface area contributed by atoms with E-state index >= 15 is 0 Å². The maximum absolute atomic E-state index is 5.10. The second-order valence-corrected chi connectivity index (χ2v) is 16.2. The van der Waals surface area contributed by atoms with Gasteiger partial charge < -0.3 is 0 Å². The summed E-state index contributed by atoms with van der Waals surface area (Å²) >= 11 is 1.71. The van der Waals surface area contributed by atoms with Crippen LogP contribution in [-0.2, 0) is 5.41 Å². The minimum atomic E-state index is -0.376. The molecule has 3 nitrogen and oxygen atoms in total. The van der Waals surface area contributed by atoms with Gasteiger partial charge in [0, 0.05) is 15.8 Å². The fourth-order valence-electron chi connectivity index (χ4n) is 9.41. The van der Waals surface area contributed by atoms with Gasteiger partial charge >= 0.3 is 0 Å². The van der Waals surface area contributed by atoms with Crippen LogP contribution in [-0.4, -0.2) is 15.0 Å². The van der Waals surface area contributed by atoms with E-state index in [1.54, 1.807) is 11.3 Å². The van der Waals surface area contributed by atoms with Gasteiger partial charge in [0.05, 0.1) is 10.3 Å². The zero-order chi connectivity index (χ0) is 38.2. The van der Waals surface area contributed by atoms with Crippen LogP contribution in [0.3, 0.4) is 0 Å². The van der Waals surface area contributed by atoms with E-state index in [2.05, 4.69) is 182 Å². The first-order valence-electron chi connectivity index (χ1n) is 19.7. The summed E-state index contributed by atoms with van der Waals surface area (Å²) in [7, 11) is 0. The van der Waals surface area contributed by atoms with Gasteiger partial charge in [-0.15, -0.1) is 11.3 Å². The fourth-order valence-corrected chi connectivity index (χ4v) is 10.4. The molecule has 2 heterocycles. The SMILES string of the molecule is c1ccc(-c2nc(-c3cccc(-c4cccc(-c5ccc6c(c5)C5(c7ccccc7-c7ccccc75)c5ccccc5-6)c4)c3)nc(-c3cc4ccccc4s3)n2)cc1. The maximum Gasteiger partial charge on any atom is 0.174 e. The number of nitrogens with zero attached hydrogens (tertiary/aromatic N) is 3. The molecule has 58 heavy (non-hydrogen) atoms. The molecule has 0 aliphatic heterocycles. The average Bonchev–Trinajstić information content (AvgIpc) is 3.96. The van der Waals surface area contributed by atoms with Crippen molar-refractivity contribution in [3.63, 3.8) is 0 Å². The van der Waals surface area contributed by atoms with Gasteiger partial charge in [-0.1, -0.05) is 170 Å². The van der Waals surface area contributed by atoms with E-state index in [1.165, 1.54) is 65.7 Å². The van der Waals surface area contributed by atoms with Gasteiger partial charge in [0.1, 0.15) is 0 Å². The number of hydrogen-bond acceptors (Lipinski definition) is 4. The lowest BCUT2D eigenvalue weighted by molar-refractivity contribution is 0.794. The first-order chi connectivity index (χ1) is 28.7. The van der Waals surface area contributed by atoms with Crippen molar-refractivity contribution >= 4 is 21.4 Å². The molecule has 2 aliphatic rings. The highest BCUT2D eigenvalue weighted by molar-refractivity contribution is 7.22. The standard InChI is InChI=1S/C54H33N3S/c1-2-14-34(15-3-1)51-55-52(57-53(56-51)50-33-39-16-4-11-27-49(39)58-50)40-20-13-19-37(31-40)35-17-12-18-36(30-35)38-28-29-44-43-23-7-10-26-47(43)54(48(44)32-38)45-24-8-5-21-41(45)42-22-6-9-25-46(42)54/h1-33H. The molecule has 270 valence electrons. The van der Waals surface area contributed by atoms with Crippen molar-refractivity contribution in [2.75, 3.05) is 0 Å². The van der Waals surface area contributed by atoms with E-state index in [-0.39, 0.29) is 5.41 Å². The lowest BCUT2D eigenvalue weighted by atomic mass is 9.70. The fraction of sp³-hybridized carbons (Fsp3) is 0.0185. The molecule has 0 radical (unpaired) electrons. The Kier molecular flexibility index (Phi) is 7.31. The highest BCUT2D eigenvalue weighted by Crippen LogP contribution is 2.63. The van der Waals surface area contributed by atoms with Crippen molar-refractivity contribution in [1.82, 2.24) is 15.0 Å². The molecule has 0 saturated heterocycles. The van der Waals surface area contributed by atoms with Gasteiger partial charge in [-0.25, -0.2) is 15.0 Å². The molecule has 4 heteroatoms. The van der Waals surface area contributed by atoms with Crippen LogP contribution in [0.15, 0.2) is 200 Å². The summed E-state index contributed by atoms with van der Waals surface area (Å²) < 4.78 is 1.21. The Morgan fingerprint density at radius 2 is 0.776 bits per heavy atom. The molecule has 0 N–H and O–H groups in total. The van der Waals surface area contributed by atoms with Gasteiger partial charge in [0.25, 0.3) is 0 Å². The van der Waals surface area contributed by atoms with E-state index in [1.807, 2.05) is 18.2 Å². The number of thiophene rings is 1. The summed E-state index contributed by atoms with van der Waals surface area (Å²) in [6.45, 7) is 0. The van der Waals surface area contributed by atoms with Crippen LogP contribution in [0.4, 0.5) is 0 Å². The summed E-state index contributed by atoms with van der Waals surface area (Å²) in [6, 6.07) is 72.3. The lowest BCUT2D eigenvalue weighted by Crippen LogP contribution is -2.25. The number of hydrogen-bond donors (Lipinski definition) is 0. The van der Waals surface area contributed by atoms with E-state index in [0.717, 1.165) is 27.1 Å². The van der Waals surface area contributed by atoms with E-state index in [9.17, 15) is 0 Å². The van der Waals surface area contributed by atoms with Crippen LogP contribution in [0.25, 0.3) is 88.1 Å². The summed E-state index contributed by atoms with van der Waals surface area (Å²) in [6.07, 6.45) is 0. The van der Waals surface area contributed by atoms with Gasteiger partial charge in [-0.2, -0.15) is 0 Å². The van der Waals surface area contributed by atoms with Crippen LogP contribution in [0.2, 0.25) is 0 Å². The molecular formula is C54H33N3S. The van der Waals surface area contributed by atoms with Gasteiger partial charge in [0.2, 0.25) is 0 Å². The Morgan fingerprint density at radius 1 is 0.310 bits per heavy atom. The molecule has 0 unspecified atom stereocenters. The first kappa shape index (κ1) is 32.9. The van der Waals surface area contributed by atoms with E-state index in [0.29, 0.717) is 17.5 Å². The predicted molar refractivity (Wildman–Crippen MR) is 239 cm³/mol. The largest absolute Gasteiger partial charge is 0.208 e. The summed E-state index contributed by atoms with van der Waals surface area (Å²) in [5.74, 6) is 2.00. The van der Waals surface area contributed by atoms with Crippen LogP contribution in [0, 0.1) is 0 Å². The van der Waals surface area contributed by atoms with Crippen LogP contribution < -0.4 is 0 Å². The highest BCUT2D eigenvalue weighted by Gasteiger charge is 2.51. The number of aromatic nitrogens is 3. The zero-order valence-electron chi connectivity index (χ0n) is 31.3. The second kappa shape index (κ2) is 12.9. The Hall–Kier alpha value is -7.27. The monoisotopic (exact) mass is 755 g/mol. The van der Waals surface area contributed by atoms with Crippen molar-refractivity contribution in [3.05, 3.63) is 222 Å². The quantitative estimate of drug-likeness (QED) is 0.176. The van der Waals surface area contributed by atoms with Gasteiger partial charge in [-0.3, -0.25) is 0 Å². The molecule has 0 bridgehead atoms. The highest BCUT2D eigenvalue weighted by atomic mass is 32.1. The lowest BCUT2D eigenvalue weighted by Gasteiger charge is -2.30. The third-order valence-corrected chi connectivity index (χ3v) is 13.1. The Labute approximate surface area is 340 Å². The third kappa shape index (κ3) is 4.95. The van der Waals surface area contributed by atoms with Crippen molar-refractivity contribution in [1.29, 1.82) is 0 Å². The van der Waals surface area contributed by atoms with Gasteiger partial charge in [0.15, 0.2) is 17.5 Å². The normalized spacial score (nSPS) is 13.0. The third-order valence-electron chi connectivity index (χ3n) is 12.0. The number of rotatable bonds is 5. The minimum Gasteiger partial charge on any atom is -0.208 e. The van der Waals surface area contributed by atoms with Crippen LogP contribution in [0.5, 0.6) is 0 Å². The molecule has 1 spiro atoms. The second-order valence-electron chi connectivity index (χ2n) is 15.1. The molecule has 0 atom stereocenters. The summed E-state index contributed by atoms with van der Waals surface area (Å²) in [5, 5.41) is 1.19. The Morgan fingerprint density at radius 3 is 1.41 bits per heavy atom. The van der Waals surface area contributed by atoms with E-state index < -0.39 is 0 Å².